The van der Waals surface area contributed by atoms with Gasteiger partial charge in [-0.05, 0) is 42.2 Å². The number of likely N-dealkylation sites (tertiary alicyclic amines) is 1. The third-order valence-corrected chi connectivity index (χ3v) is 3.94. The summed E-state index contributed by atoms with van der Waals surface area (Å²) < 4.78 is 5.81. The first-order valence-corrected chi connectivity index (χ1v) is 8.05. The average Bonchev–Trinajstić information content (AvgIpc) is 3.14. The van der Waals surface area contributed by atoms with Gasteiger partial charge in [-0.15, -0.1) is 0 Å². The van der Waals surface area contributed by atoms with Gasteiger partial charge < -0.3 is 9.64 Å². The zero-order chi connectivity index (χ0) is 15.9. The summed E-state index contributed by atoms with van der Waals surface area (Å²) >= 11 is 0. The third kappa shape index (κ3) is 4.46. The number of carbonyl (C=O) groups excluding carboxylic acids is 1. The summed E-state index contributed by atoms with van der Waals surface area (Å²) in [5.74, 6) is 0.905. The van der Waals surface area contributed by atoms with E-state index in [9.17, 15) is 4.79 Å². The first-order valence-electron chi connectivity index (χ1n) is 8.05. The topological polar surface area (TPSA) is 29.5 Å². The summed E-state index contributed by atoms with van der Waals surface area (Å²) in [4.78, 5) is 13.9. The number of carbonyl (C=O) groups is 1. The van der Waals surface area contributed by atoms with Crippen LogP contribution in [-0.2, 0) is 11.4 Å². The monoisotopic (exact) mass is 307 g/mol. The normalized spacial score (nSPS) is 14.3. The Morgan fingerprint density at radius 2 is 1.83 bits per heavy atom. The predicted molar refractivity (Wildman–Crippen MR) is 92.1 cm³/mol. The molecule has 2 aromatic rings. The van der Waals surface area contributed by atoms with E-state index in [2.05, 4.69) is 0 Å². The Morgan fingerprint density at radius 3 is 2.61 bits per heavy atom. The van der Waals surface area contributed by atoms with Gasteiger partial charge >= 0.3 is 0 Å². The van der Waals surface area contributed by atoms with E-state index in [0.717, 1.165) is 42.8 Å². The molecule has 0 bridgehead atoms. The van der Waals surface area contributed by atoms with Crippen molar-refractivity contribution >= 4 is 12.0 Å². The first kappa shape index (κ1) is 15.3. The Balaban J connectivity index is 1.59. The smallest absolute Gasteiger partial charge is 0.246 e. The van der Waals surface area contributed by atoms with Crippen molar-refractivity contribution in [2.24, 2.45) is 0 Å². The van der Waals surface area contributed by atoms with Gasteiger partial charge in [0.2, 0.25) is 5.91 Å². The van der Waals surface area contributed by atoms with Gasteiger partial charge in [0.15, 0.2) is 0 Å². The quantitative estimate of drug-likeness (QED) is 0.784. The maximum absolute atomic E-state index is 12.0. The molecular weight excluding hydrogens is 286 g/mol. The maximum atomic E-state index is 12.0. The molecule has 0 aliphatic carbocycles. The summed E-state index contributed by atoms with van der Waals surface area (Å²) in [7, 11) is 0. The fourth-order valence-electron chi connectivity index (χ4n) is 2.66. The van der Waals surface area contributed by atoms with Crippen LogP contribution in [0.3, 0.4) is 0 Å². The van der Waals surface area contributed by atoms with Crippen LogP contribution in [0, 0.1) is 0 Å². The van der Waals surface area contributed by atoms with Crippen LogP contribution in [-0.4, -0.2) is 23.9 Å². The molecule has 118 valence electrons. The van der Waals surface area contributed by atoms with E-state index in [-0.39, 0.29) is 5.91 Å². The second-order valence-corrected chi connectivity index (χ2v) is 5.71. The molecule has 0 atom stereocenters. The molecule has 3 nitrogen and oxygen atoms in total. The van der Waals surface area contributed by atoms with Gasteiger partial charge in [0.05, 0.1) is 0 Å². The van der Waals surface area contributed by atoms with Crippen molar-refractivity contribution in [3.05, 3.63) is 71.8 Å². The summed E-state index contributed by atoms with van der Waals surface area (Å²) in [6.07, 6.45) is 5.74. The highest BCUT2D eigenvalue weighted by atomic mass is 16.5. The second kappa shape index (κ2) is 7.63. The molecule has 0 saturated carbocycles. The lowest BCUT2D eigenvalue weighted by atomic mass is 10.2. The predicted octanol–water partition coefficient (Wildman–Crippen LogP) is 3.90. The molecule has 1 amide bonds. The Hall–Kier alpha value is -2.55. The largest absolute Gasteiger partial charge is 0.489 e. The van der Waals surface area contributed by atoms with E-state index in [1.807, 2.05) is 65.6 Å². The van der Waals surface area contributed by atoms with Crippen molar-refractivity contribution in [1.82, 2.24) is 4.90 Å². The first-order chi connectivity index (χ1) is 11.3. The summed E-state index contributed by atoms with van der Waals surface area (Å²) in [5.41, 5.74) is 2.11. The standard InChI is InChI=1S/C20H21NO2/c22-20(21-13-4-5-14-21)12-11-17-9-6-10-19(15-17)23-16-18-7-2-1-3-8-18/h1-3,6-12,15H,4-5,13-14,16H2. The van der Waals surface area contributed by atoms with Gasteiger partial charge in [-0.25, -0.2) is 0 Å². The van der Waals surface area contributed by atoms with Gasteiger partial charge in [0, 0.05) is 19.2 Å². The van der Waals surface area contributed by atoms with Gasteiger partial charge in [0.25, 0.3) is 0 Å². The van der Waals surface area contributed by atoms with Gasteiger partial charge in [-0.1, -0.05) is 42.5 Å². The second-order valence-electron chi connectivity index (χ2n) is 5.71. The number of benzene rings is 2. The molecule has 0 aromatic heterocycles. The lowest BCUT2D eigenvalue weighted by Gasteiger charge is -2.11. The number of hydrogen-bond acceptors (Lipinski definition) is 2. The van der Waals surface area contributed by atoms with Crippen LogP contribution in [0.2, 0.25) is 0 Å². The molecule has 1 fully saturated rings. The molecule has 0 spiro atoms. The van der Waals surface area contributed by atoms with Crippen molar-refractivity contribution in [2.75, 3.05) is 13.1 Å². The van der Waals surface area contributed by atoms with Crippen molar-refractivity contribution in [1.29, 1.82) is 0 Å². The van der Waals surface area contributed by atoms with Crippen molar-refractivity contribution in [3.63, 3.8) is 0 Å². The number of ether oxygens (including phenoxy) is 1. The average molecular weight is 307 g/mol. The summed E-state index contributed by atoms with van der Waals surface area (Å²) in [6.45, 7) is 2.30. The molecule has 3 heteroatoms. The zero-order valence-electron chi connectivity index (χ0n) is 13.2. The van der Waals surface area contributed by atoms with E-state index in [1.165, 1.54) is 0 Å². The van der Waals surface area contributed by atoms with Crippen LogP contribution in [0.1, 0.15) is 24.0 Å². The van der Waals surface area contributed by atoms with Crippen LogP contribution in [0.25, 0.3) is 6.08 Å². The van der Waals surface area contributed by atoms with Crippen molar-refractivity contribution in [2.45, 2.75) is 19.4 Å². The molecule has 0 radical (unpaired) electrons. The van der Waals surface area contributed by atoms with Gasteiger partial charge in [-0.3, -0.25) is 4.79 Å². The van der Waals surface area contributed by atoms with Crippen molar-refractivity contribution < 1.29 is 9.53 Å². The zero-order valence-corrected chi connectivity index (χ0v) is 13.2. The van der Waals surface area contributed by atoms with E-state index >= 15 is 0 Å². The molecule has 23 heavy (non-hydrogen) atoms. The fraction of sp³-hybridized carbons (Fsp3) is 0.250. The molecule has 3 rings (SSSR count). The molecule has 1 saturated heterocycles. The summed E-state index contributed by atoms with van der Waals surface area (Å²) in [6, 6.07) is 17.9. The highest BCUT2D eigenvalue weighted by molar-refractivity contribution is 5.91. The number of hydrogen-bond donors (Lipinski definition) is 0. The Morgan fingerprint density at radius 1 is 1.04 bits per heavy atom. The molecule has 0 unspecified atom stereocenters. The third-order valence-electron chi connectivity index (χ3n) is 3.94. The van der Waals surface area contributed by atoms with Crippen LogP contribution >= 0.6 is 0 Å². The minimum atomic E-state index is 0.0955. The molecule has 2 aromatic carbocycles. The minimum absolute atomic E-state index is 0.0955. The van der Waals surface area contributed by atoms with Crippen molar-refractivity contribution in [3.8, 4) is 5.75 Å². The molecule has 1 heterocycles. The van der Waals surface area contributed by atoms with E-state index in [0.29, 0.717) is 6.61 Å². The maximum Gasteiger partial charge on any atom is 0.246 e. The Bertz CT molecular complexity index is 673. The number of nitrogens with zero attached hydrogens (tertiary/aromatic N) is 1. The number of amides is 1. The highest BCUT2D eigenvalue weighted by Gasteiger charge is 2.14. The van der Waals surface area contributed by atoms with E-state index < -0.39 is 0 Å². The SMILES string of the molecule is O=C(C=Cc1cccc(OCc2ccccc2)c1)N1CCCC1. The summed E-state index contributed by atoms with van der Waals surface area (Å²) in [5, 5.41) is 0. The van der Waals surface area contributed by atoms with Crippen LogP contribution in [0.4, 0.5) is 0 Å². The van der Waals surface area contributed by atoms with E-state index in [1.54, 1.807) is 6.08 Å². The van der Waals surface area contributed by atoms with Crippen LogP contribution < -0.4 is 4.74 Å². The molecule has 0 N–H and O–H groups in total. The molecular formula is C20H21NO2. The number of rotatable bonds is 5. The van der Waals surface area contributed by atoms with E-state index in [4.69, 9.17) is 4.74 Å². The van der Waals surface area contributed by atoms with Crippen LogP contribution in [0.5, 0.6) is 5.75 Å². The molecule has 1 aliphatic heterocycles. The fourth-order valence-corrected chi connectivity index (χ4v) is 2.66. The molecule has 1 aliphatic rings. The minimum Gasteiger partial charge on any atom is -0.489 e. The Kier molecular flexibility index (Phi) is 5.09. The highest BCUT2D eigenvalue weighted by Crippen LogP contribution is 2.17. The van der Waals surface area contributed by atoms with Gasteiger partial charge in [0.1, 0.15) is 12.4 Å². The van der Waals surface area contributed by atoms with Gasteiger partial charge in [-0.2, -0.15) is 0 Å². The lowest BCUT2D eigenvalue weighted by molar-refractivity contribution is -0.124. The van der Waals surface area contributed by atoms with Crippen LogP contribution in [0.15, 0.2) is 60.7 Å². The lowest BCUT2D eigenvalue weighted by Crippen LogP contribution is -2.25. The Labute approximate surface area is 137 Å².